The minimum Gasteiger partial charge on any atom is -0.361 e. The van der Waals surface area contributed by atoms with Crippen molar-refractivity contribution in [3.63, 3.8) is 0 Å². The van der Waals surface area contributed by atoms with E-state index in [1.165, 1.54) is 11.1 Å². The van der Waals surface area contributed by atoms with Crippen LogP contribution in [0.3, 0.4) is 0 Å². The summed E-state index contributed by atoms with van der Waals surface area (Å²) in [5, 5.41) is 4.87. The molecule has 2 N–H and O–H groups in total. The van der Waals surface area contributed by atoms with Gasteiger partial charge in [0.25, 0.3) is 0 Å². The van der Waals surface area contributed by atoms with E-state index in [2.05, 4.69) is 10.3 Å². The number of aromatic nitrogens is 1. The highest BCUT2D eigenvalue weighted by molar-refractivity contribution is 6.31. The topological polar surface area (TPSA) is 44.9 Å². The standard InChI is InChI=1S/C19H19ClN2O/c20-16-7-8-17-15(13-22-18(17)12-16)10-11-21-19(23)9-6-14-4-2-1-3-5-14/h1-5,7-8,12-13,22H,6,9-11H2,(H,21,23). The second-order valence-electron chi connectivity index (χ2n) is 5.59. The fraction of sp³-hybridized carbons (Fsp3) is 0.211. The van der Waals surface area contributed by atoms with Crippen LogP contribution in [0.2, 0.25) is 5.02 Å². The zero-order valence-corrected chi connectivity index (χ0v) is 13.6. The summed E-state index contributed by atoms with van der Waals surface area (Å²) in [6.45, 7) is 0.642. The summed E-state index contributed by atoms with van der Waals surface area (Å²) >= 11 is 5.98. The average Bonchev–Trinajstić information content (AvgIpc) is 2.96. The maximum Gasteiger partial charge on any atom is 0.220 e. The molecular weight excluding hydrogens is 308 g/mol. The molecule has 0 radical (unpaired) electrons. The molecule has 1 amide bonds. The Kier molecular flexibility index (Phi) is 4.99. The van der Waals surface area contributed by atoms with Gasteiger partial charge in [0.05, 0.1) is 0 Å². The molecule has 0 aliphatic carbocycles. The van der Waals surface area contributed by atoms with Crippen LogP contribution in [0, 0.1) is 0 Å². The van der Waals surface area contributed by atoms with E-state index in [-0.39, 0.29) is 5.91 Å². The van der Waals surface area contributed by atoms with E-state index < -0.39 is 0 Å². The molecule has 0 atom stereocenters. The number of amides is 1. The van der Waals surface area contributed by atoms with Gasteiger partial charge in [-0.25, -0.2) is 0 Å². The lowest BCUT2D eigenvalue weighted by molar-refractivity contribution is -0.121. The third-order valence-electron chi connectivity index (χ3n) is 3.93. The van der Waals surface area contributed by atoms with Gasteiger partial charge in [-0.1, -0.05) is 48.0 Å². The molecule has 1 aromatic heterocycles. The molecule has 23 heavy (non-hydrogen) atoms. The monoisotopic (exact) mass is 326 g/mol. The number of carbonyl (C=O) groups is 1. The number of H-pyrrole nitrogens is 1. The maximum absolute atomic E-state index is 11.9. The number of hydrogen-bond donors (Lipinski definition) is 2. The van der Waals surface area contributed by atoms with Gasteiger partial charge in [-0.15, -0.1) is 0 Å². The highest BCUT2D eigenvalue weighted by Gasteiger charge is 2.06. The zero-order chi connectivity index (χ0) is 16.1. The van der Waals surface area contributed by atoms with Gasteiger partial charge in [0.1, 0.15) is 0 Å². The van der Waals surface area contributed by atoms with Gasteiger partial charge in [-0.2, -0.15) is 0 Å². The van der Waals surface area contributed by atoms with Gasteiger partial charge in [-0.05, 0) is 36.1 Å². The zero-order valence-electron chi connectivity index (χ0n) is 12.8. The van der Waals surface area contributed by atoms with Crippen molar-refractivity contribution in [1.29, 1.82) is 0 Å². The number of rotatable bonds is 6. The quantitative estimate of drug-likeness (QED) is 0.703. The van der Waals surface area contributed by atoms with Gasteiger partial charge >= 0.3 is 0 Å². The summed E-state index contributed by atoms with van der Waals surface area (Å²) in [6, 6.07) is 15.9. The number of halogens is 1. The Morgan fingerprint density at radius 1 is 1.09 bits per heavy atom. The predicted molar refractivity (Wildman–Crippen MR) is 94.8 cm³/mol. The Morgan fingerprint density at radius 3 is 2.74 bits per heavy atom. The smallest absolute Gasteiger partial charge is 0.220 e. The predicted octanol–water partition coefficient (Wildman–Crippen LogP) is 4.11. The van der Waals surface area contributed by atoms with Crippen molar-refractivity contribution in [3.8, 4) is 0 Å². The van der Waals surface area contributed by atoms with Crippen LogP contribution in [-0.4, -0.2) is 17.4 Å². The van der Waals surface area contributed by atoms with Crippen molar-refractivity contribution in [3.05, 3.63) is 70.9 Å². The fourth-order valence-corrected chi connectivity index (χ4v) is 2.86. The molecule has 0 saturated carbocycles. The number of benzene rings is 2. The Morgan fingerprint density at radius 2 is 1.91 bits per heavy atom. The van der Waals surface area contributed by atoms with Crippen molar-refractivity contribution in [2.24, 2.45) is 0 Å². The van der Waals surface area contributed by atoms with Crippen LogP contribution in [0.4, 0.5) is 0 Å². The Labute approximate surface area is 140 Å². The molecule has 3 aromatic rings. The van der Waals surface area contributed by atoms with E-state index in [0.717, 1.165) is 28.8 Å². The van der Waals surface area contributed by atoms with Gasteiger partial charge < -0.3 is 10.3 Å². The molecule has 4 heteroatoms. The second kappa shape index (κ2) is 7.34. The molecule has 118 valence electrons. The molecule has 3 rings (SSSR count). The summed E-state index contributed by atoms with van der Waals surface area (Å²) < 4.78 is 0. The number of hydrogen-bond acceptors (Lipinski definition) is 1. The second-order valence-corrected chi connectivity index (χ2v) is 6.03. The Bertz CT molecular complexity index is 795. The first-order valence-corrected chi connectivity index (χ1v) is 8.16. The van der Waals surface area contributed by atoms with Crippen molar-refractivity contribution >= 4 is 28.4 Å². The molecule has 0 aliphatic rings. The average molecular weight is 327 g/mol. The minimum absolute atomic E-state index is 0.0942. The molecule has 1 heterocycles. The highest BCUT2D eigenvalue weighted by atomic mass is 35.5. The van der Waals surface area contributed by atoms with Crippen LogP contribution in [0.25, 0.3) is 10.9 Å². The Hall–Kier alpha value is -2.26. The van der Waals surface area contributed by atoms with Crippen LogP contribution in [0.15, 0.2) is 54.7 Å². The number of nitrogens with one attached hydrogen (secondary N) is 2. The first-order valence-electron chi connectivity index (χ1n) is 7.78. The highest BCUT2D eigenvalue weighted by Crippen LogP contribution is 2.22. The number of carbonyl (C=O) groups excluding carboxylic acids is 1. The van der Waals surface area contributed by atoms with E-state index in [4.69, 9.17) is 11.6 Å². The molecule has 0 fully saturated rings. The van der Waals surface area contributed by atoms with Crippen molar-refractivity contribution < 1.29 is 4.79 Å². The van der Waals surface area contributed by atoms with Crippen LogP contribution in [0.5, 0.6) is 0 Å². The van der Waals surface area contributed by atoms with Gasteiger partial charge in [0, 0.05) is 35.1 Å². The number of fused-ring (bicyclic) bond motifs is 1. The summed E-state index contributed by atoms with van der Waals surface area (Å²) in [5.41, 5.74) is 3.42. The lowest BCUT2D eigenvalue weighted by atomic mass is 10.1. The van der Waals surface area contributed by atoms with E-state index in [0.29, 0.717) is 13.0 Å². The van der Waals surface area contributed by atoms with Gasteiger partial charge in [0.15, 0.2) is 0 Å². The molecule has 0 bridgehead atoms. The van der Waals surface area contributed by atoms with Crippen LogP contribution in [-0.2, 0) is 17.6 Å². The van der Waals surface area contributed by atoms with Crippen molar-refractivity contribution in [2.45, 2.75) is 19.3 Å². The normalized spacial score (nSPS) is 10.8. The number of aryl methyl sites for hydroxylation is 1. The minimum atomic E-state index is 0.0942. The largest absolute Gasteiger partial charge is 0.361 e. The fourth-order valence-electron chi connectivity index (χ4n) is 2.69. The van der Waals surface area contributed by atoms with E-state index >= 15 is 0 Å². The summed E-state index contributed by atoms with van der Waals surface area (Å²) in [5.74, 6) is 0.0942. The lowest BCUT2D eigenvalue weighted by Crippen LogP contribution is -2.25. The third kappa shape index (κ3) is 4.14. The van der Waals surface area contributed by atoms with E-state index in [1.54, 1.807) is 0 Å². The number of aromatic amines is 1. The first kappa shape index (κ1) is 15.6. The third-order valence-corrected chi connectivity index (χ3v) is 4.16. The van der Waals surface area contributed by atoms with E-state index in [9.17, 15) is 4.79 Å². The van der Waals surface area contributed by atoms with E-state index in [1.807, 2.05) is 54.7 Å². The van der Waals surface area contributed by atoms with Crippen LogP contribution < -0.4 is 5.32 Å². The SMILES string of the molecule is O=C(CCc1ccccc1)NCCc1c[nH]c2cc(Cl)ccc12. The van der Waals surface area contributed by atoms with Crippen LogP contribution in [0.1, 0.15) is 17.5 Å². The summed E-state index contributed by atoms with van der Waals surface area (Å²) in [6.07, 6.45) is 4.08. The van der Waals surface area contributed by atoms with Crippen LogP contribution >= 0.6 is 11.6 Å². The maximum atomic E-state index is 11.9. The first-order chi connectivity index (χ1) is 11.2. The molecule has 3 nitrogen and oxygen atoms in total. The summed E-state index contributed by atoms with van der Waals surface area (Å²) in [4.78, 5) is 15.1. The molecular formula is C19H19ClN2O. The molecule has 0 aliphatic heterocycles. The van der Waals surface area contributed by atoms with Crippen molar-refractivity contribution in [2.75, 3.05) is 6.54 Å². The summed E-state index contributed by atoms with van der Waals surface area (Å²) in [7, 11) is 0. The molecule has 0 saturated heterocycles. The van der Waals surface area contributed by atoms with Crippen molar-refractivity contribution in [1.82, 2.24) is 10.3 Å². The molecule has 2 aromatic carbocycles. The lowest BCUT2D eigenvalue weighted by Gasteiger charge is -2.05. The van der Waals surface area contributed by atoms with Gasteiger partial charge in [-0.3, -0.25) is 4.79 Å². The Balaban J connectivity index is 1.47. The molecule has 0 unspecified atom stereocenters. The van der Waals surface area contributed by atoms with Gasteiger partial charge in [0.2, 0.25) is 5.91 Å². The molecule has 0 spiro atoms.